The molecule has 3 fully saturated rings. The minimum atomic E-state index is -0.0868. The predicted octanol–water partition coefficient (Wildman–Crippen LogP) is 2.26. The van der Waals surface area contributed by atoms with Gasteiger partial charge >= 0.3 is 0 Å². The lowest BCUT2D eigenvalue weighted by atomic mass is 9.94. The van der Waals surface area contributed by atoms with Gasteiger partial charge in [0.15, 0.2) is 0 Å². The molecule has 0 aliphatic carbocycles. The molecule has 0 radical (unpaired) electrons. The average Bonchev–Trinajstić information content (AvgIpc) is 2.73. The number of piperidine rings is 1. The molecule has 0 saturated carbocycles. The van der Waals surface area contributed by atoms with Crippen molar-refractivity contribution >= 4 is 23.4 Å². The van der Waals surface area contributed by atoms with E-state index in [-0.39, 0.29) is 30.3 Å². The lowest BCUT2D eigenvalue weighted by Gasteiger charge is -2.35. The Morgan fingerprint density at radius 1 is 1.36 bits per heavy atom. The van der Waals surface area contributed by atoms with Crippen molar-refractivity contribution in [3.8, 4) is 0 Å². The third kappa shape index (κ3) is 3.89. The zero-order valence-corrected chi connectivity index (χ0v) is 15.8. The molecule has 1 aromatic rings. The number of aromatic nitrogens is 2. The van der Waals surface area contributed by atoms with E-state index in [0.29, 0.717) is 30.4 Å². The molecule has 0 aromatic carbocycles. The number of hydrogen-bond acceptors (Lipinski definition) is 3. The summed E-state index contributed by atoms with van der Waals surface area (Å²) in [5.41, 5.74) is 1.92. The van der Waals surface area contributed by atoms with Crippen molar-refractivity contribution in [2.24, 2.45) is 5.92 Å². The maximum atomic E-state index is 12.7. The first-order valence-electron chi connectivity index (χ1n) is 8.76. The Hall–Kier alpha value is -1.82. The number of rotatable bonds is 4. The van der Waals surface area contributed by atoms with Crippen LogP contribution in [0.4, 0.5) is 0 Å². The Morgan fingerprint density at radius 2 is 2.12 bits per heavy atom. The molecule has 2 atom stereocenters. The van der Waals surface area contributed by atoms with Crippen molar-refractivity contribution in [2.45, 2.75) is 46.2 Å². The van der Waals surface area contributed by atoms with E-state index >= 15 is 0 Å². The number of nitrogens with zero attached hydrogens (tertiary/aromatic N) is 4. The monoisotopic (exact) mass is 364 g/mol. The maximum Gasteiger partial charge on any atom is 0.244 e. The van der Waals surface area contributed by atoms with E-state index in [9.17, 15) is 9.59 Å². The van der Waals surface area contributed by atoms with Gasteiger partial charge in [-0.1, -0.05) is 23.3 Å². The summed E-state index contributed by atoms with van der Waals surface area (Å²) in [5.74, 6) is 0.0890. The van der Waals surface area contributed by atoms with Crippen LogP contribution in [0.15, 0.2) is 17.8 Å². The van der Waals surface area contributed by atoms with Crippen molar-refractivity contribution in [1.29, 1.82) is 0 Å². The van der Waals surface area contributed by atoms with Gasteiger partial charge in [-0.05, 0) is 33.6 Å². The number of carbonyl (C=O) groups is 2. The predicted molar refractivity (Wildman–Crippen MR) is 96.2 cm³/mol. The van der Waals surface area contributed by atoms with E-state index < -0.39 is 0 Å². The molecule has 136 valence electrons. The van der Waals surface area contributed by atoms with Gasteiger partial charge in [0.1, 0.15) is 6.54 Å². The second-order valence-electron chi connectivity index (χ2n) is 7.26. The highest BCUT2D eigenvalue weighted by Crippen LogP contribution is 2.29. The number of carbonyl (C=O) groups excluding carboxylic acids is 2. The molecule has 0 unspecified atom stereocenters. The Labute approximate surface area is 153 Å². The molecule has 0 spiro atoms. The lowest BCUT2D eigenvalue weighted by Crippen LogP contribution is -2.48. The normalized spacial score (nSPS) is 23.0. The van der Waals surface area contributed by atoms with Crippen LogP contribution < -0.4 is 0 Å². The highest BCUT2D eigenvalue weighted by Gasteiger charge is 2.41. The minimum absolute atomic E-state index is 0.00655. The minimum Gasteiger partial charge on any atom is -0.338 e. The second-order valence-corrected chi connectivity index (χ2v) is 7.67. The Balaban J connectivity index is 1.71. The molecule has 25 heavy (non-hydrogen) atoms. The summed E-state index contributed by atoms with van der Waals surface area (Å²) in [6.45, 7) is 7.79. The van der Waals surface area contributed by atoms with Crippen molar-refractivity contribution in [3.05, 3.63) is 28.6 Å². The summed E-state index contributed by atoms with van der Waals surface area (Å²) < 4.78 is 1.58. The Morgan fingerprint density at radius 3 is 2.76 bits per heavy atom. The SMILES string of the molecule is CC(C)=CCN1C(=O)[C@H]2CC[C@@H]1CN(C(=O)Cn1cc(Cl)c(C)n1)C2. The Kier molecular flexibility index (Phi) is 5.18. The zero-order valence-electron chi connectivity index (χ0n) is 15.0. The van der Waals surface area contributed by atoms with Crippen molar-refractivity contribution in [3.63, 3.8) is 0 Å². The number of allylic oxidation sites excluding steroid dienone is 1. The van der Waals surface area contributed by atoms with Gasteiger partial charge in [-0.2, -0.15) is 5.10 Å². The van der Waals surface area contributed by atoms with Crippen LogP contribution >= 0.6 is 11.6 Å². The van der Waals surface area contributed by atoms with Gasteiger partial charge in [-0.15, -0.1) is 0 Å². The number of halogens is 1. The van der Waals surface area contributed by atoms with E-state index in [0.717, 1.165) is 12.8 Å². The van der Waals surface area contributed by atoms with Crippen LogP contribution in [0.3, 0.4) is 0 Å². The highest BCUT2D eigenvalue weighted by atomic mass is 35.5. The van der Waals surface area contributed by atoms with E-state index in [1.165, 1.54) is 5.57 Å². The average molecular weight is 365 g/mol. The molecule has 3 saturated heterocycles. The van der Waals surface area contributed by atoms with E-state index in [2.05, 4.69) is 11.2 Å². The van der Waals surface area contributed by atoms with Crippen molar-refractivity contribution in [2.75, 3.05) is 19.6 Å². The van der Waals surface area contributed by atoms with Crippen LogP contribution in [0.1, 0.15) is 32.4 Å². The molecule has 1 aromatic heterocycles. The molecule has 2 bridgehead atoms. The van der Waals surface area contributed by atoms with Crippen molar-refractivity contribution in [1.82, 2.24) is 19.6 Å². The smallest absolute Gasteiger partial charge is 0.244 e. The van der Waals surface area contributed by atoms with Crippen LogP contribution in [0.2, 0.25) is 5.02 Å². The first kappa shape index (κ1) is 18.0. The molecule has 3 aliphatic rings. The topological polar surface area (TPSA) is 58.4 Å². The van der Waals surface area contributed by atoms with Gasteiger partial charge < -0.3 is 9.80 Å². The summed E-state index contributed by atoms with van der Waals surface area (Å²) in [5, 5.41) is 4.81. The summed E-state index contributed by atoms with van der Waals surface area (Å²) in [6.07, 6.45) is 5.58. The number of hydrogen-bond donors (Lipinski definition) is 0. The fourth-order valence-corrected chi connectivity index (χ4v) is 3.73. The molecule has 4 heterocycles. The van der Waals surface area contributed by atoms with Crippen LogP contribution in [0.5, 0.6) is 0 Å². The summed E-state index contributed by atoms with van der Waals surface area (Å²) >= 11 is 6.01. The quantitative estimate of drug-likeness (QED) is 0.770. The van der Waals surface area contributed by atoms with Gasteiger partial charge in [-0.25, -0.2) is 0 Å². The summed E-state index contributed by atoms with van der Waals surface area (Å²) in [4.78, 5) is 29.2. The largest absolute Gasteiger partial charge is 0.338 e. The second kappa shape index (κ2) is 7.20. The molecule has 0 N–H and O–H groups in total. The van der Waals surface area contributed by atoms with Gasteiger partial charge in [0.2, 0.25) is 11.8 Å². The highest BCUT2D eigenvalue weighted by molar-refractivity contribution is 6.31. The van der Waals surface area contributed by atoms with Crippen molar-refractivity contribution < 1.29 is 9.59 Å². The summed E-state index contributed by atoms with van der Waals surface area (Å²) in [7, 11) is 0. The fourth-order valence-electron chi connectivity index (χ4n) is 3.58. The van der Waals surface area contributed by atoms with Gasteiger partial charge in [0, 0.05) is 31.9 Å². The molecule has 4 rings (SSSR count). The first-order chi connectivity index (χ1) is 11.8. The van der Waals surface area contributed by atoms with E-state index in [1.54, 1.807) is 10.9 Å². The molecule has 7 heteroatoms. The molecule has 3 aliphatic heterocycles. The lowest BCUT2D eigenvalue weighted by molar-refractivity contribution is -0.139. The van der Waals surface area contributed by atoms with Gasteiger partial charge in [-0.3, -0.25) is 14.3 Å². The Bertz CT molecular complexity index is 688. The van der Waals surface area contributed by atoms with Crippen LogP contribution in [0.25, 0.3) is 0 Å². The number of fused-ring (bicyclic) bond motifs is 4. The van der Waals surface area contributed by atoms with E-state index in [4.69, 9.17) is 11.6 Å². The number of amides is 2. The van der Waals surface area contributed by atoms with Gasteiger partial charge in [0.25, 0.3) is 0 Å². The van der Waals surface area contributed by atoms with Crippen LogP contribution in [0, 0.1) is 12.8 Å². The maximum absolute atomic E-state index is 12.7. The first-order valence-corrected chi connectivity index (χ1v) is 9.14. The molecule has 6 nitrogen and oxygen atoms in total. The number of aryl methyl sites for hydroxylation is 1. The summed E-state index contributed by atoms with van der Waals surface area (Å²) in [6, 6.07) is 0.105. The molecular formula is C18H25ClN4O2. The third-order valence-corrected chi connectivity index (χ3v) is 5.40. The molecular weight excluding hydrogens is 340 g/mol. The van der Waals surface area contributed by atoms with E-state index in [1.807, 2.05) is 30.6 Å². The van der Waals surface area contributed by atoms with Gasteiger partial charge in [0.05, 0.1) is 16.6 Å². The fraction of sp³-hybridized carbons (Fsp3) is 0.611. The van der Waals surface area contributed by atoms with Crippen LogP contribution in [-0.2, 0) is 16.1 Å². The standard InChI is InChI=1S/C18H25ClN4O2/c1-12(2)6-7-23-15-5-4-14(18(23)25)8-21(9-15)17(24)11-22-10-16(19)13(3)20-22/h6,10,14-15H,4-5,7-9,11H2,1-3H3/t14-,15+/m0/s1. The zero-order chi connectivity index (χ0) is 18.1. The molecule has 2 amide bonds. The third-order valence-electron chi connectivity index (χ3n) is 5.03. The van der Waals surface area contributed by atoms with Crippen LogP contribution in [-0.4, -0.2) is 57.1 Å².